The van der Waals surface area contributed by atoms with Gasteiger partial charge in [-0.2, -0.15) is 9.98 Å². The minimum Gasteiger partial charge on any atom is -0.491 e. The highest BCUT2D eigenvalue weighted by Crippen LogP contribution is 2.26. The molecule has 1 unspecified atom stereocenters. The van der Waals surface area contributed by atoms with Gasteiger partial charge in [0.1, 0.15) is 0 Å². The van der Waals surface area contributed by atoms with Crippen LogP contribution in [0.15, 0.2) is 29.4 Å². The molecule has 0 aliphatic carbocycles. The molecule has 1 aliphatic rings. The molecule has 1 aliphatic heterocycles. The summed E-state index contributed by atoms with van der Waals surface area (Å²) >= 11 is 11.9. The van der Waals surface area contributed by atoms with Crippen molar-refractivity contribution in [3.63, 3.8) is 0 Å². The van der Waals surface area contributed by atoms with Crippen LogP contribution in [0, 0.1) is 5.92 Å². The predicted octanol–water partition coefficient (Wildman–Crippen LogP) is 3.60. The second-order valence-electron chi connectivity index (χ2n) is 6.77. The molecule has 29 heavy (non-hydrogen) atoms. The number of aromatic nitrogens is 2. The monoisotopic (exact) mass is 437 g/mol. The summed E-state index contributed by atoms with van der Waals surface area (Å²) in [6.45, 7) is 6.30. The van der Waals surface area contributed by atoms with Crippen LogP contribution in [0.2, 0.25) is 10.0 Å². The summed E-state index contributed by atoms with van der Waals surface area (Å²) in [5.41, 5.74) is 6.64. The van der Waals surface area contributed by atoms with Gasteiger partial charge < -0.3 is 26.0 Å². The molecular weight excluding hydrogens is 413 g/mol. The van der Waals surface area contributed by atoms with Crippen molar-refractivity contribution in [2.24, 2.45) is 16.6 Å². The first-order valence-corrected chi connectivity index (χ1v) is 10.2. The Morgan fingerprint density at radius 1 is 1.38 bits per heavy atom. The molecular formula is C19H25Cl2N7O. The zero-order valence-electron chi connectivity index (χ0n) is 16.5. The van der Waals surface area contributed by atoms with Crippen LogP contribution in [0.25, 0.3) is 0 Å². The normalized spacial score (nSPS) is 17.4. The van der Waals surface area contributed by atoms with Crippen molar-refractivity contribution < 1.29 is 4.74 Å². The molecule has 2 heterocycles. The summed E-state index contributed by atoms with van der Waals surface area (Å²) in [4.78, 5) is 15.3. The topological polar surface area (TPSA) is 101 Å². The van der Waals surface area contributed by atoms with Gasteiger partial charge in [-0.25, -0.2) is 4.98 Å². The number of methoxy groups -OCH3 is 1. The highest BCUT2D eigenvalue weighted by molar-refractivity contribution is 6.42. The van der Waals surface area contributed by atoms with Crippen LogP contribution in [0.4, 0.5) is 17.5 Å². The van der Waals surface area contributed by atoms with E-state index in [9.17, 15) is 0 Å². The van der Waals surface area contributed by atoms with Gasteiger partial charge in [0, 0.05) is 18.8 Å². The molecule has 1 aromatic carbocycles. The number of anilines is 2. The number of benzene rings is 1. The van der Waals surface area contributed by atoms with Crippen molar-refractivity contribution in [2.75, 3.05) is 43.9 Å². The first-order valence-electron chi connectivity index (χ1n) is 9.42. The van der Waals surface area contributed by atoms with Gasteiger partial charge in [0.2, 0.25) is 5.96 Å². The van der Waals surface area contributed by atoms with Crippen molar-refractivity contribution in [1.82, 2.24) is 14.9 Å². The molecule has 0 saturated carbocycles. The van der Waals surface area contributed by atoms with Gasteiger partial charge in [-0.15, -0.1) is 0 Å². The molecule has 0 radical (unpaired) electrons. The maximum absolute atomic E-state index is 6.02. The number of likely N-dealkylation sites (tertiary alicyclic amines) is 1. The average Bonchev–Trinajstić information content (AvgIpc) is 3.17. The lowest BCUT2D eigenvalue weighted by Gasteiger charge is -2.15. The molecule has 4 N–H and O–H groups in total. The lowest BCUT2D eigenvalue weighted by atomic mass is 10.1. The highest BCUT2D eigenvalue weighted by Gasteiger charge is 2.21. The van der Waals surface area contributed by atoms with E-state index in [0.717, 1.165) is 26.2 Å². The molecule has 10 heteroatoms. The van der Waals surface area contributed by atoms with Crippen molar-refractivity contribution in [3.05, 3.63) is 34.4 Å². The zero-order chi connectivity index (χ0) is 20.8. The van der Waals surface area contributed by atoms with E-state index in [1.54, 1.807) is 31.5 Å². The van der Waals surface area contributed by atoms with Gasteiger partial charge in [0.25, 0.3) is 5.95 Å². The number of ether oxygens (including phenoxy) is 1. The number of nitrogens with one attached hydrogen (secondary N) is 2. The zero-order valence-corrected chi connectivity index (χ0v) is 18.0. The predicted molar refractivity (Wildman–Crippen MR) is 119 cm³/mol. The Bertz CT molecular complexity index is 878. The van der Waals surface area contributed by atoms with Crippen LogP contribution in [0.1, 0.15) is 13.3 Å². The summed E-state index contributed by atoms with van der Waals surface area (Å²) in [6.07, 6.45) is 2.74. The Morgan fingerprint density at radius 2 is 2.21 bits per heavy atom. The summed E-state index contributed by atoms with van der Waals surface area (Å²) in [5, 5.41) is 7.19. The second kappa shape index (κ2) is 9.96. The van der Waals surface area contributed by atoms with E-state index in [1.165, 1.54) is 6.42 Å². The van der Waals surface area contributed by atoms with Gasteiger partial charge in [0.05, 0.1) is 23.4 Å². The molecule has 1 atom stereocenters. The minimum atomic E-state index is 0.133. The number of hydrogen-bond acceptors (Lipinski definition) is 6. The fourth-order valence-electron chi connectivity index (χ4n) is 3.16. The smallest absolute Gasteiger partial charge is 0.254 e. The van der Waals surface area contributed by atoms with E-state index in [0.29, 0.717) is 33.2 Å². The van der Waals surface area contributed by atoms with Crippen LogP contribution >= 0.6 is 23.2 Å². The maximum Gasteiger partial charge on any atom is 0.254 e. The van der Waals surface area contributed by atoms with Crippen LogP contribution < -0.4 is 21.1 Å². The van der Waals surface area contributed by atoms with Gasteiger partial charge in [-0.3, -0.25) is 0 Å². The maximum atomic E-state index is 6.02. The fourth-order valence-corrected chi connectivity index (χ4v) is 3.45. The van der Waals surface area contributed by atoms with Gasteiger partial charge >= 0.3 is 0 Å². The molecule has 156 valence electrons. The van der Waals surface area contributed by atoms with E-state index >= 15 is 0 Å². The standard InChI is InChI=1S/C19H25Cl2N7O/c1-3-28-7-6-12(11-28)9-23-17-16(29-2)10-24-19(26-17)27-18(22)25-13-4-5-14(20)15(21)8-13/h4-5,8,10,12H,3,6-7,9,11H2,1-2H3,(H4,22,23,24,25,26,27). The van der Waals surface area contributed by atoms with Crippen molar-refractivity contribution in [1.29, 1.82) is 0 Å². The molecule has 0 amide bonds. The molecule has 1 fully saturated rings. The second-order valence-corrected chi connectivity index (χ2v) is 7.58. The Balaban J connectivity index is 1.68. The summed E-state index contributed by atoms with van der Waals surface area (Å²) in [6, 6.07) is 5.09. The van der Waals surface area contributed by atoms with Gasteiger partial charge in [-0.1, -0.05) is 30.1 Å². The Hall–Kier alpha value is -2.29. The third-order valence-electron chi connectivity index (χ3n) is 4.75. The first kappa shape index (κ1) is 21.4. The molecule has 1 saturated heterocycles. The van der Waals surface area contributed by atoms with Crippen molar-refractivity contribution in [3.8, 4) is 5.75 Å². The van der Waals surface area contributed by atoms with Gasteiger partial charge in [-0.05, 0) is 43.6 Å². The number of nitrogens with two attached hydrogens (primary N) is 1. The number of guanidine groups is 1. The lowest BCUT2D eigenvalue weighted by Crippen LogP contribution is -2.23. The van der Waals surface area contributed by atoms with Crippen molar-refractivity contribution >= 4 is 46.6 Å². The third kappa shape index (κ3) is 5.85. The minimum absolute atomic E-state index is 0.133. The van der Waals surface area contributed by atoms with Crippen LogP contribution in [0.3, 0.4) is 0 Å². The summed E-state index contributed by atoms with van der Waals surface area (Å²) in [7, 11) is 1.58. The van der Waals surface area contributed by atoms with Crippen molar-refractivity contribution in [2.45, 2.75) is 13.3 Å². The SMILES string of the molecule is CCN1CCC(CNc2nc(/N=C(\N)Nc3ccc(Cl)c(Cl)c3)ncc2OC)C1. The first-order chi connectivity index (χ1) is 14.0. The fraction of sp³-hybridized carbons (Fsp3) is 0.421. The van der Waals surface area contributed by atoms with Gasteiger partial charge in [0.15, 0.2) is 11.6 Å². The summed E-state index contributed by atoms with van der Waals surface area (Å²) < 4.78 is 5.36. The van der Waals surface area contributed by atoms with Crippen LogP contribution in [-0.4, -0.2) is 54.1 Å². The van der Waals surface area contributed by atoms with E-state index in [-0.39, 0.29) is 11.9 Å². The summed E-state index contributed by atoms with van der Waals surface area (Å²) in [5.74, 6) is 2.08. The van der Waals surface area contributed by atoms with E-state index in [4.69, 9.17) is 33.7 Å². The largest absolute Gasteiger partial charge is 0.491 e. The van der Waals surface area contributed by atoms with Crippen LogP contribution in [0.5, 0.6) is 5.75 Å². The number of nitrogens with zero attached hydrogens (tertiary/aromatic N) is 4. The average molecular weight is 438 g/mol. The van der Waals surface area contributed by atoms with E-state index in [2.05, 4.69) is 37.4 Å². The molecule has 3 rings (SSSR count). The van der Waals surface area contributed by atoms with E-state index in [1.807, 2.05) is 0 Å². The lowest BCUT2D eigenvalue weighted by molar-refractivity contribution is 0.344. The number of rotatable bonds is 7. The molecule has 0 bridgehead atoms. The van der Waals surface area contributed by atoms with E-state index < -0.39 is 0 Å². The number of aliphatic imine (C=N–C) groups is 1. The highest BCUT2D eigenvalue weighted by atomic mass is 35.5. The Kier molecular flexibility index (Phi) is 7.35. The number of hydrogen-bond donors (Lipinski definition) is 3. The molecule has 2 aromatic rings. The van der Waals surface area contributed by atoms with Crippen LogP contribution in [-0.2, 0) is 0 Å². The quantitative estimate of drug-likeness (QED) is 0.449. The molecule has 0 spiro atoms. The molecule has 8 nitrogen and oxygen atoms in total. The number of halogens is 2. The Morgan fingerprint density at radius 3 is 2.90 bits per heavy atom. The Labute approximate surface area is 180 Å². The molecule has 1 aromatic heterocycles. The third-order valence-corrected chi connectivity index (χ3v) is 5.49.